The lowest BCUT2D eigenvalue weighted by Gasteiger charge is -2.28. The molecule has 1 nitrogen and oxygen atoms in total. The smallest absolute Gasteiger partial charge is 0.119 e. The van der Waals surface area contributed by atoms with Crippen LogP contribution in [0.4, 0.5) is 0 Å². The molecule has 6 aromatic carbocycles. The van der Waals surface area contributed by atoms with Crippen LogP contribution in [-0.4, -0.2) is 7.11 Å². The second kappa shape index (κ2) is 13.1. The van der Waals surface area contributed by atoms with E-state index in [0.717, 1.165) is 11.9 Å². The van der Waals surface area contributed by atoms with Crippen LogP contribution in [0, 0.1) is 0 Å². The van der Waals surface area contributed by atoms with E-state index >= 15 is 0 Å². The van der Waals surface area contributed by atoms with Gasteiger partial charge in [0.25, 0.3) is 0 Å². The molecule has 0 N–H and O–H groups in total. The number of benzene rings is 6. The van der Waals surface area contributed by atoms with Crippen molar-refractivity contribution in [2.45, 2.75) is 6.16 Å². The first-order valence-electron chi connectivity index (χ1n) is 13.6. The minimum Gasteiger partial charge on any atom is -1.00 e. The Kier molecular flexibility index (Phi) is 9.14. The van der Waals surface area contributed by atoms with Gasteiger partial charge in [0.1, 0.15) is 28.9 Å². The summed E-state index contributed by atoms with van der Waals surface area (Å²) in [5.74, 6) is 0.883. The molecule has 0 spiro atoms. The van der Waals surface area contributed by atoms with Gasteiger partial charge in [-0.15, -0.1) is 0 Å². The van der Waals surface area contributed by atoms with E-state index in [4.69, 9.17) is 4.74 Å². The van der Waals surface area contributed by atoms with Gasteiger partial charge in [-0.05, 0) is 82.1 Å². The summed E-state index contributed by atoms with van der Waals surface area (Å²) in [6.45, 7) is 0. The van der Waals surface area contributed by atoms with Gasteiger partial charge in [-0.1, -0.05) is 109 Å². The lowest BCUT2D eigenvalue weighted by Crippen LogP contribution is -3.00. The largest absolute Gasteiger partial charge is 1.00 e. The van der Waals surface area contributed by atoms with E-state index in [0.29, 0.717) is 0 Å². The van der Waals surface area contributed by atoms with Crippen molar-refractivity contribution in [2.24, 2.45) is 0 Å². The van der Waals surface area contributed by atoms with Gasteiger partial charge in [0.2, 0.25) is 0 Å². The molecule has 3 heteroatoms. The molecule has 0 amide bonds. The Morgan fingerprint density at radius 3 is 1.51 bits per heavy atom. The molecule has 0 aliphatic heterocycles. The van der Waals surface area contributed by atoms with Crippen LogP contribution in [0.15, 0.2) is 152 Å². The van der Waals surface area contributed by atoms with Crippen LogP contribution >= 0.6 is 7.26 Å². The van der Waals surface area contributed by atoms with Gasteiger partial charge in [-0.25, -0.2) is 0 Å². The highest BCUT2D eigenvalue weighted by molar-refractivity contribution is 7.95. The van der Waals surface area contributed by atoms with E-state index in [1.54, 1.807) is 7.11 Å². The second-order valence-electron chi connectivity index (χ2n) is 10.0. The third kappa shape index (κ3) is 6.20. The molecular weight excluding hydrogens is 583 g/mol. The maximum atomic E-state index is 5.36. The Labute approximate surface area is 254 Å². The van der Waals surface area contributed by atoms with Crippen LogP contribution in [0.2, 0.25) is 0 Å². The number of hydrogen-bond acceptors (Lipinski definition) is 1. The molecule has 6 aromatic rings. The molecule has 0 saturated heterocycles. The first-order chi connectivity index (χ1) is 19.7. The van der Waals surface area contributed by atoms with E-state index < -0.39 is 7.26 Å². The molecule has 6 rings (SSSR count). The Hall–Kier alpha value is -3.97. The zero-order valence-electron chi connectivity index (χ0n) is 23.0. The van der Waals surface area contributed by atoms with Crippen molar-refractivity contribution in [1.29, 1.82) is 0 Å². The molecule has 0 aliphatic carbocycles. The van der Waals surface area contributed by atoms with Crippen LogP contribution in [-0.2, 0) is 6.16 Å². The lowest BCUT2D eigenvalue weighted by atomic mass is 10.1. The maximum Gasteiger partial charge on any atom is 0.119 e. The first kappa shape index (κ1) is 28.6. The highest BCUT2D eigenvalue weighted by Gasteiger charge is 2.45. The van der Waals surface area contributed by atoms with Crippen LogP contribution < -0.4 is 37.6 Å². The van der Waals surface area contributed by atoms with Gasteiger partial charge in [-0.3, -0.25) is 0 Å². The molecule has 0 aliphatic rings. The molecule has 202 valence electrons. The number of hydrogen-bond donors (Lipinski definition) is 0. The van der Waals surface area contributed by atoms with E-state index in [9.17, 15) is 0 Å². The third-order valence-corrected chi connectivity index (χ3v) is 11.9. The quantitative estimate of drug-likeness (QED) is 0.162. The van der Waals surface area contributed by atoms with Gasteiger partial charge < -0.3 is 21.7 Å². The topological polar surface area (TPSA) is 9.23 Å². The Balaban J connectivity index is 0.00000337. The molecule has 0 atom stereocenters. The molecule has 41 heavy (non-hydrogen) atoms. The molecule has 0 unspecified atom stereocenters. The predicted molar refractivity (Wildman–Crippen MR) is 175 cm³/mol. The minimum absolute atomic E-state index is 0. The predicted octanol–water partition coefficient (Wildman–Crippen LogP) is 5.52. The summed E-state index contributed by atoms with van der Waals surface area (Å²) < 4.78 is 5.36. The SMILES string of the molecule is COc1ccc2cc(/C=C/c3ccc(C[P+](c4ccccc4)(c4ccccc4)c4ccccc4)cc3)ccc2c1.[Br-]. The summed E-state index contributed by atoms with van der Waals surface area (Å²) >= 11 is 0. The van der Waals surface area contributed by atoms with Crippen molar-refractivity contribution in [3.63, 3.8) is 0 Å². The molecule has 0 aromatic heterocycles. The van der Waals surface area contributed by atoms with E-state index in [1.807, 2.05) is 6.07 Å². The second-order valence-corrected chi connectivity index (χ2v) is 13.5. The van der Waals surface area contributed by atoms with E-state index in [-0.39, 0.29) is 17.0 Å². The van der Waals surface area contributed by atoms with Crippen molar-refractivity contribution in [2.75, 3.05) is 7.11 Å². The van der Waals surface area contributed by atoms with Crippen LogP contribution in [0.25, 0.3) is 22.9 Å². The minimum atomic E-state index is -1.91. The number of fused-ring (bicyclic) bond motifs is 1. The number of ether oxygens (including phenoxy) is 1. The molecule has 0 radical (unpaired) electrons. The fourth-order valence-electron chi connectivity index (χ4n) is 5.44. The van der Waals surface area contributed by atoms with E-state index in [1.165, 1.54) is 43.4 Å². The molecule has 0 heterocycles. The summed E-state index contributed by atoms with van der Waals surface area (Å²) in [7, 11) is -0.205. The number of rotatable bonds is 8. The normalized spacial score (nSPS) is 11.3. The Morgan fingerprint density at radius 2 is 0.976 bits per heavy atom. The monoisotopic (exact) mass is 614 g/mol. The van der Waals surface area contributed by atoms with Crippen molar-refractivity contribution in [3.05, 3.63) is 168 Å². The van der Waals surface area contributed by atoms with Crippen LogP contribution in [0.3, 0.4) is 0 Å². The lowest BCUT2D eigenvalue weighted by molar-refractivity contribution is -0.00000794. The first-order valence-corrected chi connectivity index (χ1v) is 15.6. The van der Waals surface area contributed by atoms with Crippen LogP contribution in [0.1, 0.15) is 16.7 Å². The van der Waals surface area contributed by atoms with Crippen molar-refractivity contribution in [3.8, 4) is 5.75 Å². The third-order valence-electron chi connectivity index (χ3n) is 7.53. The molecule has 0 fully saturated rings. The fraction of sp³-hybridized carbons (Fsp3) is 0.0526. The summed E-state index contributed by atoms with van der Waals surface area (Å²) in [5.41, 5.74) is 3.73. The van der Waals surface area contributed by atoms with Crippen molar-refractivity contribution < 1.29 is 21.7 Å². The van der Waals surface area contributed by atoms with Gasteiger partial charge in [-0.2, -0.15) is 0 Å². The zero-order chi connectivity index (χ0) is 27.2. The van der Waals surface area contributed by atoms with E-state index in [2.05, 4.69) is 158 Å². The summed E-state index contributed by atoms with van der Waals surface area (Å²) in [5, 5.41) is 6.62. The molecule has 0 bridgehead atoms. The Bertz CT molecular complexity index is 1630. The highest BCUT2D eigenvalue weighted by atomic mass is 79.9. The van der Waals surface area contributed by atoms with Crippen molar-refractivity contribution >= 4 is 46.1 Å². The number of methoxy groups -OCH3 is 1. The van der Waals surface area contributed by atoms with Crippen LogP contribution in [0.5, 0.6) is 5.75 Å². The van der Waals surface area contributed by atoms with Gasteiger partial charge in [0, 0.05) is 0 Å². The van der Waals surface area contributed by atoms with Gasteiger partial charge in [0.15, 0.2) is 0 Å². The number of halogens is 1. The molecular formula is C38H32BrOP. The van der Waals surface area contributed by atoms with Gasteiger partial charge >= 0.3 is 0 Å². The zero-order valence-corrected chi connectivity index (χ0v) is 25.5. The molecule has 0 saturated carbocycles. The standard InChI is InChI=1S/C38H32OP.BrH/c1-39-35-26-25-33-27-31(23-24-34(33)28-35)20-17-30-18-21-32(22-19-30)29-40(36-11-5-2-6-12-36,37-13-7-3-8-14-37)38-15-9-4-10-16-38;/h2-28H,29H2,1H3;1H/q+1;/p-1/b20-17+;. The summed E-state index contributed by atoms with van der Waals surface area (Å²) in [4.78, 5) is 0. The maximum absolute atomic E-state index is 5.36. The average Bonchev–Trinajstić information content (AvgIpc) is 3.04. The Morgan fingerprint density at radius 1 is 0.512 bits per heavy atom. The average molecular weight is 616 g/mol. The highest BCUT2D eigenvalue weighted by Crippen LogP contribution is 2.58. The fourth-order valence-corrected chi connectivity index (χ4v) is 9.69. The van der Waals surface area contributed by atoms with Crippen molar-refractivity contribution in [1.82, 2.24) is 0 Å². The summed E-state index contributed by atoms with van der Waals surface area (Å²) in [6, 6.07) is 55.1. The van der Waals surface area contributed by atoms with Gasteiger partial charge in [0.05, 0.1) is 13.3 Å². The summed E-state index contributed by atoms with van der Waals surface area (Å²) in [6.07, 6.45) is 5.36.